The van der Waals surface area contributed by atoms with E-state index in [1.807, 2.05) is 0 Å². The molecular weight excluding hydrogens is 597 g/mol. The number of rotatable bonds is 10. The third-order valence-electron chi connectivity index (χ3n) is 3.58. The smallest absolute Gasteiger partial charge is 0.260 e. The highest BCUT2D eigenvalue weighted by atomic mass is 32.2. The molecule has 0 aromatic rings. The molecule has 0 aromatic heterocycles. The van der Waals surface area contributed by atoms with Gasteiger partial charge in [-0.25, -0.2) is 0 Å². The lowest BCUT2D eigenvalue weighted by Gasteiger charge is -2.34. The van der Waals surface area contributed by atoms with Crippen molar-refractivity contribution in [3.63, 3.8) is 0 Å². The number of hydrogen-bond acceptors (Lipinski definition) is 3. The summed E-state index contributed by atoms with van der Waals surface area (Å²) in [5, 5.41) is 0. The summed E-state index contributed by atoms with van der Waals surface area (Å²) >= 11 is 0. The summed E-state index contributed by atoms with van der Waals surface area (Å²) in [7, 11) is -7.28. The lowest BCUT2D eigenvalue weighted by molar-refractivity contribution is -0.392. The zero-order valence-corrected chi connectivity index (χ0v) is 16.8. The second-order valence-electron chi connectivity index (χ2n) is 6.58. The fourth-order valence-electron chi connectivity index (χ4n) is 1.89. The molecule has 3 nitrogen and oxygen atoms in total. The first-order valence-electron chi connectivity index (χ1n) is 7.93. The van der Waals surface area contributed by atoms with Gasteiger partial charge in [0, 0.05) is 6.08 Å². The van der Waals surface area contributed by atoms with Gasteiger partial charge in [0.1, 0.15) is 5.75 Å². The van der Waals surface area contributed by atoms with E-state index in [0.717, 1.165) is 0 Å². The molecule has 0 aromatic carbocycles. The van der Waals surface area contributed by atoms with Gasteiger partial charge in [-0.1, -0.05) is 0 Å². The summed E-state index contributed by atoms with van der Waals surface area (Å²) < 4.78 is 268. The topological polar surface area (TPSA) is 43.4 Å². The number of halogens is 19. The van der Waals surface area contributed by atoms with Crippen LogP contribution in [-0.2, 0) is 14.3 Å². The molecule has 0 saturated heterocycles. The fourth-order valence-corrected chi connectivity index (χ4v) is 3.13. The summed E-state index contributed by atoms with van der Waals surface area (Å²) in [6.07, 6.45) is -31.7. The van der Waals surface area contributed by atoms with Gasteiger partial charge in [0.15, 0.2) is 6.10 Å². The quantitative estimate of drug-likeness (QED) is 0.162. The zero-order valence-electron chi connectivity index (χ0n) is 16.0. The maximum atomic E-state index is 13.9. The van der Waals surface area contributed by atoms with E-state index in [2.05, 4.69) is 4.18 Å². The van der Waals surface area contributed by atoms with E-state index in [0.29, 0.717) is 0 Å². The molecule has 0 radical (unpaired) electrons. The molecule has 0 aliphatic carbocycles. The maximum absolute atomic E-state index is 13.9. The Morgan fingerprint density at radius 2 is 1.06 bits per heavy atom. The first-order valence-corrected chi connectivity index (χ1v) is 9.51. The third kappa shape index (κ3) is 7.91. The van der Waals surface area contributed by atoms with Crippen LogP contribution in [0.1, 0.15) is 6.42 Å². The van der Waals surface area contributed by atoms with E-state index in [-0.39, 0.29) is 0 Å². The summed E-state index contributed by atoms with van der Waals surface area (Å²) in [5.41, 5.74) is 0. The molecule has 1 atom stereocenters. The summed E-state index contributed by atoms with van der Waals surface area (Å²) in [5.74, 6) is -40.0. The molecule has 0 spiro atoms. The molecule has 216 valence electrons. The lowest BCUT2D eigenvalue weighted by Crippen LogP contribution is -2.63. The van der Waals surface area contributed by atoms with Gasteiger partial charge in [-0.3, -0.25) is 4.18 Å². The van der Waals surface area contributed by atoms with Crippen LogP contribution in [0.3, 0.4) is 0 Å². The third-order valence-corrected chi connectivity index (χ3v) is 4.82. The number of allylic oxidation sites excluding steroid dienone is 2. The Balaban J connectivity index is 6.43. The molecule has 36 heavy (non-hydrogen) atoms. The van der Waals surface area contributed by atoms with Crippen molar-refractivity contribution in [1.82, 2.24) is 0 Å². The van der Waals surface area contributed by atoms with Gasteiger partial charge < -0.3 is 0 Å². The molecule has 0 N–H and O–H groups in total. The summed E-state index contributed by atoms with van der Waals surface area (Å²) in [6, 6.07) is 0. The minimum atomic E-state index is -7.75. The van der Waals surface area contributed by atoms with Crippen molar-refractivity contribution in [2.24, 2.45) is 0 Å². The van der Waals surface area contributed by atoms with Crippen LogP contribution in [0, 0.1) is 0 Å². The van der Waals surface area contributed by atoms with Gasteiger partial charge in [0.2, 0.25) is 0 Å². The van der Waals surface area contributed by atoms with Crippen LogP contribution >= 0.6 is 0 Å². The SMILES string of the molecule is O=S(=O)(CC(F)(F)C(F)(F)C(F)(F)C(F)(F)F)OC(CC(F)(F)F)C(F)(F)C(F)(F)/C=C\C(F)(F)F. The maximum Gasteiger partial charge on any atom is 0.460 e. The first-order chi connectivity index (χ1) is 15.2. The lowest BCUT2D eigenvalue weighted by atomic mass is 10.0. The van der Waals surface area contributed by atoms with Crippen LogP contribution < -0.4 is 0 Å². The highest BCUT2D eigenvalue weighted by Gasteiger charge is 2.82. The van der Waals surface area contributed by atoms with Crippen LogP contribution in [0.2, 0.25) is 0 Å². The Kier molecular flexibility index (Phi) is 9.12. The van der Waals surface area contributed by atoms with Crippen molar-refractivity contribution in [1.29, 1.82) is 0 Å². The van der Waals surface area contributed by atoms with Crippen molar-refractivity contribution in [2.45, 2.75) is 60.7 Å². The average Bonchev–Trinajstić information content (AvgIpc) is 2.54. The summed E-state index contributed by atoms with van der Waals surface area (Å²) in [4.78, 5) is 0. The van der Waals surface area contributed by atoms with Gasteiger partial charge >= 0.3 is 48.1 Å². The Morgan fingerprint density at radius 3 is 1.39 bits per heavy atom. The van der Waals surface area contributed by atoms with E-state index >= 15 is 0 Å². The van der Waals surface area contributed by atoms with E-state index < -0.39 is 88.7 Å². The highest BCUT2D eigenvalue weighted by Crippen LogP contribution is 2.53. The zero-order chi connectivity index (χ0) is 29.6. The Bertz CT molecular complexity index is 893. The van der Waals surface area contributed by atoms with E-state index in [1.54, 1.807) is 0 Å². The highest BCUT2D eigenvalue weighted by molar-refractivity contribution is 7.86. The Morgan fingerprint density at radius 1 is 0.639 bits per heavy atom. The molecule has 0 saturated carbocycles. The summed E-state index contributed by atoms with van der Waals surface area (Å²) in [6.45, 7) is 0. The minimum absolute atomic E-state index is 1.69. The molecule has 0 rings (SSSR count). The second-order valence-corrected chi connectivity index (χ2v) is 8.17. The number of hydrogen-bond donors (Lipinski definition) is 0. The molecule has 0 amide bonds. The first kappa shape index (κ1) is 34.3. The molecule has 1 unspecified atom stereocenters. The molecule has 0 fully saturated rings. The van der Waals surface area contributed by atoms with E-state index in [1.165, 1.54) is 0 Å². The van der Waals surface area contributed by atoms with Crippen molar-refractivity contribution in [3.8, 4) is 0 Å². The van der Waals surface area contributed by atoms with Crippen LogP contribution in [0.5, 0.6) is 0 Å². The Labute approximate surface area is 186 Å². The van der Waals surface area contributed by atoms with Crippen LogP contribution in [0.4, 0.5) is 83.4 Å². The van der Waals surface area contributed by atoms with Crippen molar-refractivity contribution < 1.29 is 96.0 Å². The fraction of sp³-hybridized carbons (Fsp3) is 0.846. The van der Waals surface area contributed by atoms with Crippen LogP contribution in [0.25, 0.3) is 0 Å². The molecule has 0 aliphatic heterocycles. The molecule has 0 bridgehead atoms. The second kappa shape index (κ2) is 9.57. The van der Waals surface area contributed by atoms with Gasteiger partial charge in [-0.2, -0.15) is 91.8 Å². The van der Waals surface area contributed by atoms with E-state index in [4.69, 9.17) is 0 Å². The predicted molar refractivity (Wildman–Crippen MR) is 75.3 cm³/mol. The molecule has 23 heteroatoms. The van der Waals surface area contributed by atoms with Gasteiger partial charge in [0.05, 0.1) is 6.42 Å². The van der Waals surface area contributed by atoms with Crippen molar-refractivity contribution in [2.75, 3.05) is 5.75 Å². The standard InChI is InChI=1S/C13H7F19O3S/c14-6(15,1-2-8(18,19)20)10(24,25)5(3-9(21,22)23)35-36(33,34)4-7(16,17)11(26,27)12(28,29)13(30,31)32/h1-2,5H,3-4H2/b2-1-. The predicted octanol–water partition coefficient (Wildman–Crippen LogP) is 6.51. The van der Waals surface area contributed by atoms with Crippen LogP contribution in [0.15, 0.2) is 12.2 Å². The van der Waals surface area contributed by atoms with E-state index in [9.17, 15) is 91.8 Å². The van der Waals surface area contributed by atoms with Crippen molar-refractivity contribution in [3.05, 3.63) is 12.2 Å². The molecule has 0 aliphatic rings. The van der Waals surface area contributed by atoms with Gasteiger partial charge in [-0.15, -0.1) is 0 Å². The molecule has 0 heterocycles. The average molecular weight is 604 g/mol. The normalized spacial score (nSPS) is 17.1. The number of alkyl halides is 19. The monoisotopic (exact) mass is 604 g/mol. The van der Waals surface area contributed by atoms with Crippen LogP contribution in [-0.4, -0.2) is 68.4 Å². The molecular formula is C13H7F19O3S. The minimum Gasteiger partial charge on any atom is -0.260 e. The largest absolute Gasteiger partial charge is 0.460 e. The van der Waals surface area contributed by atoms with Gasteiger partial charge in [-0.05, 0) is 6.08 Å². The Hall–Kier alpha value is -1.68. The van der Waals surface area contributed by atoms with Crippen molar-refractivity contribution >= 4 is 10.1 Å². The van der Waals surface area contributed by atoms with Gasteiger partial charge in [0.25, 0.3) is 10.1 Å².